The Morgan fingerprint density at radius 3 is 1.92 bits per heavy atom. The molecule has 0 heterocycles. The molecule has 0 aliphatic rings. The van der Waals surface area contributed by atoms with Gasteiger partial charge in [0.1, 0.15) is 17.2 Å². The van der Waals surface area contributed by atoms with Crippen molar-refractivity contribution in [3.8, 4) is 11.8 Å². The Hall–Kier alpha value is -2.35. The minimum atomic E-state index is -5.08. The Bertz CT molecular complexity index is 753. The maximum Gasteiger partial charge on any atom is 0.422 e. The maximum atomic E-state index is 13.5. The lowest BCUT2D eigenvalue weighted by Crippen LogP contribution is -2.11. The molecular formula is C20H17F5. The number of unbranched alkanes of at least 4 members (excludes halogenated alkanes) is 2. The highest BCUT2D eigenvalue weighted by Gasteiger charge is 2.37. The second kappa shape index (κ2) is 8.15. The molecule has 0 saturated heterocycles. The van der Waals surface area contributed by atoms with Crippen LogP contribution in [0.25, 0.3) is 0 Å². The molecule has 132 valence electrons. The summed E-state index contributed by atoms with van der Waals surface area (Å²) >= 11 is 0. The molecule has 0 saturated carbocycles. The van der Waals surface area contributed by atoms with Gasteiger partial charge in [-0.3, -0.25) is 0 Å². The lowest BCUT2D eigenvalue weighted by atomic mass is 10.1. The molecule has 0 nitrogen and oxygen atoms in total. The van der Waals surface area contributed by atoms with Crippen molar-refractivity contribution in [2.45, 2.75) is 38.8 Å². The van der Waals surface area contributed by atoms with Crippen LogP contribution in [0.1, 0.15) is 48.4 Å². The fourth-order valence-corrected chi connectivity index (χ4v) is 2.39. The van der Waals surface area contributed by atoms with Crippen LogP contribution < -0.4 is 0 Å². The summed E-state index contributed by atoms with van der Waals surface area (Å²) in [6, 6.07) is 8.60. The van der Waals surface area contributed by atoms with Crippen molar-refractivity contribution in [3.05, 3.63) is 70.3 Å². The Morgan fingerprint density at radius 2 is 1.40 bits per heavy atom. The quantitative estimate of drug-likeness (QED) is 0.353. The summed E-state index contributed by atoms with van der Waals surface area (Å²) in [6.45, 7) is 2.13. The van der Waals surface area contributed by atoms with E-state index in [0.29, 0.717) is 17.7 Å². The molecule has 5 heteroatoms. The second-order valence-corrected chi connectivity index (χ2v) is 5.72. The van der Waals surface area contributed by atoms with E-state index in [2.05, 4.69) is 18.8 Å². The van der Waals surface area contributed by atoms with Crippen molar-refractivity contribution in [2.75, 3.05) is 0 Å². The van der Waals surface area contributed by atoms with E-state index in [9.17, 15) is 22.0 Å². The maximum absolute atomic E-state index is 13.5. The highest BCUT2D eigenvalue weighted by atomic mass is 19.4. The molecule has 0 fully saturated rings. The number of halogens is 5. The largest absolute Gasteiger partial charge is 0.422 e. The van der Waals surface area contributed by atoms with Crippen LogP contribution in [0.3, 0.4) is 0 Å². The summed E-state index contributed by atoms with van der Waals surface area (Å²) in [5, 5.41) is 0. The molecule has 0 bridgehead atoms. The van der Waals surface area contributed by atoms with Gasteiger partial charge in [0.2, 0.25) is 0 Å². The highest BCUT2D eigenvalue weighted by molar-refractivity contribution is 5.45. The molecule has 2 rings (SSSR count). The molecule has 0 atom stereocenters. The predicted molar refractivity (Wildman–Crippen MR) is 87.0 cm³/mol. The van der Waals surface area contributed by atoms with Crippen LogP contribution in [-0.4, -0.2) is 0 Å². The first kappa shape index (κ1) is 19.0. The van der Waals surface area contributed by atoms with E-state index in [4.69, 9.17) is 0 Å². The Labute approximate surface area is 143 Å². The van der Waals surface area contributed by atoms with Crippen LogP contribution in [0, 0.1) is 23.5 Å². The lowest BCUT2D eigenvalue weighted by Gasteiger charge is -2.09. The Kier molecular flexibility index (Phi) is 6.19. The number of hydrogen-bond donors (Lipinski definition) is 0. The Morgan fingerprint density at radius 1 is 0.840 bits per heavy atom. The molecule has 0 aliphatic carbocycles. The molecule has 0 radical (unpaired) electrons. The number of hydrogen-bond acceptors (Lipinski definition) is 0. The van der Waals surface area contributed by atoms with E-state index in [1.54, 1.807) is 12.1 Å². The van der Waals surface area contributed by atoms with E-state index < -0.39 is 23.4 Å². The summed E-state index contributed by atoms with van der Waals surface area (Å²) in [7, 11) is 0. The third-order valence-corrected chi connectivity index (χ3v) is 3.70. The number of aryl methyl sites for hydroxylation is 1. The summed E-state index contributed by atoms with van der Waals surface area (Å²) in [4.78, 5) is 0. The molecule has 25 heavy (non-hydrogen) atoms. The van der Waals surface area contributed by atoms with E-state index in [1.807, 2.05) is 12.1 Å². The molecule has 2 aromatic rings. The van der Waals surface area contributed by atoms with Crippen molar-refractivity contribution in [1.29, 1.82) is 0 Å². The fraction of sp³-hybridized carbons (Fsp3) is 0.300. The van der Waals surface area contributed by atoms with Gasteiger partial charge in [-0.1, -0.05) is 43.7 Å². The van der Waals surface area contributed by atoms with Crippen LogP contribution >= 0.6 is 0 Å². The van der Waals surface area contributed by atoms with Gasteiger partial charge >= 0.3 is 6.18 Å². The van der Waals surface area contributed by atoms with Crippen molar-refractivity contribution in [2.24, 2.45) is 0 Å². The number of rotatable bonds is 4. The van der Waals surface area contributed by atoms with E-state index in [0.717, 1.165) is 25.7 Å². The molecule has 2 aromatic carbocycles. The van der Waals surface area contributed by atoms with Gasteiger partial charge in [-0.05, 0) is 42.7 Å². The van der Waals surface area contributed by atoms with Crippen LogP contribution in [0.15, 0.2) is 36.4 Å². The van der Waals surface area contributed by atoms with Gasteiger partial charge in [0, 0.05) is 11.1 Å². The highest BCUT2D eigenvalue weighted by Crippen LogP contribution is 2.33. The average Bonchev–Trinajstić information content (AvgIpc) is 2.52. The standard InChI is InChI=1S/C20H17F5/c1-2-3-4-5-14-6-8-15(9-7-14)10-11-16-12-17(21)19(18(22)13-16)20(23,24)25/h6-9,12-13H,2-5H2,1H3. The van der Waals surface area contributed by atoms with Crippen molar-refractivity contribution in [3.63, 3.8) is 0 Å². The molecule has 0 unspecified atom stereocenters. The van der Waals surface area contributed by atoms with Crippen molar-refractivity contribution in [1.82, 2.24) is 0 Å². The third-order valence-electron chi connectivity index (χ3n) is 3.70. The van der Waals surface area contributed by atoms with Crippen LogP contribution in [-0.2, 0) is 12.6 Å². The molecule has 0 N–H and O–H groups in total. The molecule has 0 amide bonds. The van der Waals surface area contributed by atoms with Crippen LogP contribution in [0.2, 0.25) is 0 Å². The molecular weight excluding hydrogens is 335 g/mol. The summed E-state index contributed by atoms with van der Waals surface area (Å²) in [6.07, 6.45) is -0.702. The van der Waals surface area contributed by atoms with Gasteiger partial charge in [0.15, 0.2) is 0 Å². The van der Waals surface area contributed by atoms with Gasteiger partial charge in [-0.25, -0.2) is 8.78 Å². The van der Waals surface area contributed by atoms with E-state index in [-0.39, 0.29) is 5.56 Å². The lowest BCUT2D eigenvalue weighted by molar-refractivity contribution is -0.142. The first-order valence-corrected chi connectivity index (χ1v) is 7.98. The third kappa shape index (κ3) is 5.32. The first-order chi connectivity index (χ1) is 11.8. The van der Waals surface area contributed by atoms with Gasteiger partial charge in [0.25, 0.3) is 0 Å². The SMILES string of the molecule is CCCCCc1ccc(C#Cc2cc(F)c(C(F)(F)F)c(F)c2)cc1. The van der Waals surface area contributed by atoms with Crippen molar-refractivity contribution < 1.29 is 22.0 Å². The zero-order chi connectivity index (χ0) is 18.4. The monoisotopic (exact) mass is 352 g/mol. The summed E-state index contributed by atoms with van der Waals surface area (Å²) in [5.41, 5.74) is -0.241. The number of alkyl halides is 3. The topological polar surface area (TPSA) is 0 Å². The van der Waals surface area contributed by atoms with E-state index in [1.165, 1.54) is 5.56 Å². The zero-order valence-electron chi connectivity index (χ0n) is 13.7. The summed E-state index contributed by atoms with van der Waals surface area (Å²) < 4.78 is 64.6. The molecule has 0 aliphatic heterocycles. The smallest absolute Gasteiger partial charge is 0.206 e. The molecule has 0 aromatic heterocycles. The van der Waals surface area contributed by atoms with Gasteiger partial charge in [0.05, 0.1) is 0 Å². The minimum absolute atomic E-state index is 0.143. The van der Waals surface area contributed by atoms with E-state index >= 15 is 0 Å². The van der Waals surface area contributed by atoms with Gasteiger partial charge < -0.3 is 0 Å². The predicted octanol–water partition coefficient (Wildman–Crippen LogP) is 6.12. The first-order valence-electron chi connectivity index (χ1n) is 7.98. The van der Waals surface area contributed by atoms with Crippen LogP contribution in [0.4, 0.5) is 22.0 Å². The number of benzene rings is 2. The second-order valence-electron chi connectivity index (χ2n) is 5.72. The zero-order valence-corrected chi connectivity index (χ0v) is 13.7. The minimum Gasteiger partial charge on any atom is -0.206 e. The summed E-state index contributed by atoms with van der Waals surface area (Å²) in [5.74, 6) is 1.87. The van der Waals surface area contributed by atoms with Crippen LogP contribution in [0.5, 0.6) is 0 Å². The van der Waals surface area contributed by atoms with Crippen molar-refractivity contribution >= 4 is 0 Å². The fourth-order valence-electron chi connectivity index (χ4n) is 2.39. The van der Waals surface area contributed by atoms with Gasteiger partial charge in [-0.2, -0.15) is 13.2 Å². The molecule has 0 spiro atoms. The average molecular weight is 352 g/mol. The van der Waals surface area contributed by atoms with Gasteiger partial charge in [-0.15, -0.1) is 0 Å². The normalized spacial score (nSPS) is 11.1. The Balaban J connectivity index is 2.16.